The summed E-state index contributed by atoms with van der Waals surface area (Å²) < 4.78 is 12.1. The third-order valence-corrected chi connectivity index (χ3v) is 3.73. The Morgan fingerprint density at radius 2 is 2.05 bits per heavy atom. The molecule has 0 saturated carbocycles. The van der Waals surface area contributed by atoms with Gasteiger partial charge in [-0.05, 0) is 44.9 Å². The van der Waals surface area contributed by atoms with Crippen LogP contribution in [0.5, 0.6) is 11.5 Å². The van der Waals surface area contributed by atoms with E-state index in [2.05, 4.69) is 21.2 Å². The molecule has 0 heterocycles. The number of aliphatic hydroxyl groups is 1. The number of rotatable bonds is 10. The summed E-state index contributed by atoms with van der Waals surface area (Å²) in [6.45, 7) is 4.50. The molecule has 20 heavy (non-hydrogen) atoms. The number of methoxy groups -OCH3 is 1. The van der Waals surface area contributed by atoms with Crippen molar-refractivity contribution in [1.82, 2.24) is 5.32 Å². The zero-order valence-electron chi connectivity index (χ0n) is 12.2. The third-order valence-electron chi connectivity index (χ3n) is 2.99. The minimum atomic E-state index is 0.274. The van der Waals surface area contributed by atoms with Gasteiger partial charge in [0.25, 0.3) is 0 Å². The van der Waals surface area contributed by atoms with E-state index in [0.717, 1.165) is 53.9 Å². The monoisotopic (exact) mass is 345 g/mol. The highest BCUT2D eigenvalue weighted by atomic mass is 79.9. The molecule has 1 rings (SSSR count). The molecular weight excluding hydrogens is 322 g/mol. The zero-order valence-corrected chi connectivity index (χ0v) is 13.8. The third kappa shape index (κ3) is 5.31. The van der Waals surface area contributed by atoms with Crippen molar-refractivity contribution < 1.29 is 14.6 Å². The van der Waals surface area contributed by atoms with Gasteiger partial charge in [-0.25, -0.2) is 0 Å². The number of benzene rings is 1. The van der Waals surface area contributed by atoms with Crippen LogP contribution in [0.4, 0.5) is 0 Å². The van der Waals surface area contributed by atoms with Crippen molar-refractivity contribution in [2.24, 2.45) is 0 Å². The van der Waals surface area contributed by atoms with Crippen molar-refractivity contribution in [3.8, 4) is 11.5 Å². The fourth-order valence-corrected chi connectivity index (χ4v) is 2.41. The highest BCUT2D eigenvalue weighted by Crippen LogP contribution is 2.36. The summed E-state index contributed by atoms with van der Waals surface area (Å²) in [5.74, 6) is 1.55. The summed E-state index contributed by atoms with van der Waals surface area (Å²) in [5, 5.41) is 12.1. The van der Waals surface area contributed by atoms with Crippen molar-refractivity contribution in [3.05, 3.63) is 22.2 Å². The second-order valence-corrected chi connectivity index (χ2v) is 5.31. The average molecular weight is 346 g/mol. The summed E-state index contributed by atoms with van der Waals surface area (Å²) in [4.78, 5) is 0. The van der Waals surface area contributed by atoms with Gasteiger partial charge in [-0.15, -0.1) is 0 Å². The number of ether oxygens (including phenoxy) is 2. The van der Waals surface area contributed by atoms with Crippen LogP contribution in [0.3, 0.4) is 0 Å². The molecule has 0 saturated heterocycles. The lowest BCUT2D eigenvalue weighted by Gasteiger charge is -2.16. The molecule has 0 amide bonds. The van der Waals surface area contributed by atoms with E-state index in [0.29, 0.717) is 6.61 Å². The quantitative estimate of drug-likeness (QED) is 0.639. The molecule has 0 aliphatic heterocycles. The lowest BCUT2D eigenvalue weighted by Crippen LogP contribution is -2.16. The van der Waals surface area contributed by atoms with Gasteiger partial charge in [0.2, 0.25) is 0 Å². The molecule has 0 aromatic heterocycles. The maximum atomic E-state index is 8.73. The van der Waals surface area contributed by atoms with Gasteiger partial charge in [0, 0.05) is 23.2 Å². The first-order chi connectivity index (χ1) is 9.74. The fraction of sp³-hybridized carbons (Fsp3) is 0.600. The molecule has 0 aliphatic carbocycles. The first-order valence-electron chi connectivity index (χ1n) is 7.04. The molecule has 0 unspecified atom stereocenters. The molecule has 0 spiro atoms. The molecule has 5 heteroatoms. The number of aliphatic hydroxyl groups excluding tert-OH is 1. The van der Waals surface area contributed by atoms with Gasteiger partial charge in [-0.2, -0.15) is 0 Å². The zero-order chi connectivity index (χ0) is 14.8. The summed E-state index contributed by atoms with van der Waals surface area (Å²) >= 11 is 3.57. The molecule has 1 aromatic carbocycles. The van der Waals surface area contributed by atoms with E-state index in [1.165, 1.54) is 0 Å². The summed E-state index contributed by atoms with van der Waals surface area (Å²) in [6.07, 6.45) is 2.97. The molecule has 0 fully saturated rings. The van der Waals surface area contributed by atoms with Crippen molar-refractivity contribution in [3.63, 3.8) is 0 Å². The SMILES string of the molecule is CCOc1c(OC)ccc(Br)c1CNCCCCCO. The molecule has 0 aliphatic rings. The molecular formula is C15H24BrNO3. The summed E-state index contributed by atoms with van der Waals surface area (Å²) in [7, 11) is 1.65. The van der Waals surface area contributed by atoms with Crippen LogP contribution in [0.1, 0.15) is 31.7 Å². The van der Waals surface area contributed by atoms with E-state index in [1.807, 2.05) is 19.1 Å². The number of unbranched alkanes of at least 4 members (excludes halogenated alkanes) is 2. The van der Waals surface area contributed by atoms with E-state index in [9.17, 15) is 0 Å². The Balaban J connectivity index is 2.62. The largest absolute Gasteiger partial charge is 0.493 e. The van der Waals surface area contributed by atoms with Gasteiger partial charge in [-0.1, -0.05) is 15.9 Å². The first-order valence-corrected chi connectivity index (χ1v) is 7.83. The highest BCUT2D eigenvalue weighted by Gasteiger charge is 2.13. The summed E-state index contributed by atoms with van der Waals surface area (Å²) in [6, 6.07) is 3.88. The minimum Gasteiger partial charge on any atom is -0.493 e. The van der Waals surface area contributed by atoms with Gasteiger partial charge in [0.1, 0.15) is 0 Å². The average Bonchev–Trinajstić information content (AvgIpc) is 2.45. The van der Waals surface area contributed by atoms with E-state index < -0.39 is 0 Å². The Morgan fingerprint density at radius 3 is 2.70 bits per heavy atom. The Morgan fingerprint density at radius 1 is 1.25 bits per heavy atom. The maximum absolute atomic E-state index is 8.73. The van der Waals surface area contributed by atoms with Crippen molar-refractivity contribution in [1.29, 1.82) is 0 Å². The number of hydrogen-bond acceptors (Lipinski definition) is 4. The van der Waals surface area contributed by atoms with E-state index in [-0.39, 0.29) is 6.61 Å². The van der Waals surface area contributed by atoms with E-state index in [4.69, 9.17) is 14.6 Å². The standard InChI is InChI=1S/C15H24BrNO3/c1-3-20-15-12(11-17-9-5-4-6-10-18)13(16)7-8-14(15)19-2/h7-8,17-18H,3-6,9-11H2,1-2H3. The maximum Gasteiger partial charge on any atom is 0.166 e. The van der Waals surface area contributed by atoms with Gasteiger partial charge in [0.05, 0.1) is 13.7 Å². The Bertz CT molecular complexity index is 399. The molecule has 0 atom stereocenters. The molecule has 0 radical (unpaired) electrons. The molecule has 2 N–H and O–H groups in total. The van der Waals surface area contributed by atoms with Gasteiger partial charge in [-0.3, -0.25) is 0 Å². The van der Waals surface area contributed by atoms with Gasteiger partial charge >= 0.3 is 0 Å². The number of hydrogen-bond donors (Lipinski definition) is 2. The van der Waals surface area contributed by atoms with Crippen molar-refractivity contribution in [2.45, 2.75) is 32.7 Å². The van der Waals surface area contributed by atoms with Crippen LogP contribution in [0.15, 0.2) is 16.6 Å². The fourth-order valence-electron chi connectivity index (χ4n) is 1.96. The predicted octanol–water partition coefficient (Wildman–Crippen LogP) is 3.11. The lowest BCUT2D eigenvalue weighted by molar-refractivity contribution is 0.282. The summed E-state index contributed by atoms with van der Waals surface area (Å²) in [5.41, 5.74) is 1.08. The minimum absolute atomic E-state index is 0.274. The topological polar surface area (TPSA) is 50.7 Å². The Labute approximate surface area is 129 Å². The number of nitrogens with one attached hydrogen (secondary N) is 1. The second kappa shape index (κ2) is 10.0. The molecule has 4 nitrogen and oxygen atoms in total. The smallest absolute Gasteiger partial charge is 0.166 e. The highest BCUT2D eigenvalue weighted by molar-refractivity contribution is 9.10. The Hall–Kier alpha value is -0.780. The molecule has 114 valence electrons. The Kier molecular flexibility index (Phi) is 8.65. The van der Waals surface area contributed by atoms with Crippen LogP contribution in [-0.2, 0) is 6.54 Å². The lowest BCUT2D eigenvalue weighted by atomic mass is 10.1. The normalized spacial score (nSPS) is 10.6. The van der Waals surface area contributed by atoms with Crippen molar-refractivity contribution >= 4 is 15.9 Å². The van der Waals surface area contributed by atoms with Crippen LogP contribution in [0, 0.1) is 0 Å². The van der Waals surface area contributed by atoms with E-state index in [1.54, 1.807) is 7.11 Å². The van der Waals surface area contributed by atoms with Crippen LogP contribution in [0.25, 0.3) is 0 Å². The first kappa shape index (κ1) is 17.3. The van der Waals surface area contributed by atoms with Gasteiger partial charge in [0.15, 0.2) is 11.5 Å². The van der Waals surface area contributed by atoms with Crippen LogP contribution < -0.4 is 14.8 Å². The van der Waals surface area contributed by atoms with Crippen LogP contribution >= 0.6 is 15.9 Å². The van der Waals surface area contributed by atoms with Crippen LogP contribution in [-0.4, -0.2) is 32.0 Å². The predicted molar refractivity (Wildman–Crippen MR) is 84.5 cm³/mol. The second-order valence-electron chi connectivity index (χ2n) is 4.45. The molecule has 1 aromatic rings. The number of halogens is 1. The van der Waals surface area contributed by atoms with Crippen LogP contribution in [0.2, 0.25) is 0 Å². The van der Waals surface area contributed by atoms with Crippen molar-refractivity contribution in [2.75, 3.05) is 26.9 Å². The van der Waals surface area contributed by atoms with E-state index >= 15 is 0 Å². The van der Waals surface area contributed by atoms with Gasteiger partial charge < -0.3 is 19.9 Å². The molecule has 0 bridgehead atoms.